The molecule has 9 heteroatoms. The fraction of sp³-hybridized carbons (Fsp3) is 0.538. The quantitative estimate of drug-likeness (QED) is 0.484. The molecular weight excluding hydrogens is 472 g/mol. The van der Waals surface area contributed by atoms with Gasteiger partial charge in [-0.1, -0.05) is 5.57 Å². The Kier molecular flexibility index (Phi) is 8.67. The lowest BCUT2D eigenvalue weighted by atomic mass is 9.89. The van der Waals surface area contributed by atoms with Crippen LogP contribution in [0.3, 0.4) is 0 Å². The first-order chi connectivity index (χ1) is 16.4. The third-order valence-corrected chi connectivity index (χ3v) is 7.74. The fourth-order valence-electron chi connectivity index (χ4n) is 4.92. The fourth-order valence-corrected chi connectivity index (χ4v) is 6.11. The molecule has 3 heterocycles. The Morgan fingerprint density at radius 3 is 2.51 bits per heavy atom. The van der Waals surface area contributed by atoms with Crippen LogP contribution >= 0.6 is 11.3 Å². The predicted molar refractivity (Wildman–Crippen MR) is 136 cm³/mol. The monoisotopic (exact) mass is 507 g/mol. The molecule has 1 unspecified atom stereocenters. The number of carbonyl (C=O) groups is 1. The first kappa shape index (κ1) is 27.2. The number of thiophene rings is 1. The topological polar surface area (TPSA) is 88.4 Å². The van der Waals surface area contributed by atoms with Gasteiger partial charge in [0.2, 0.25) is 0 Å². The van der Waals surface area contributed by atoms with Gasteiger partial charge < -0.3 is 15.5 Å². The maximum absolute atomic E-state index is 13.5. The van der Waals surface area contributed by atoms with Crippen molar-refractivity contribution in [2.75, 3.05) is 26.7 Å². The summed E-state index contributed by atoms with van der Waals surface area (Å²) < 4.78 is 32.0. The molecule has 1 atom stereocenters. The summed E-state index contributed by atoms with van der Waals surface area (Å²) in [6.07, 6.45) is 2.52. The number of H-pyrrole nitrogens is 1. The second kappa shape index (κ2) is 11.1. The first-order valence-corrected chi connectivity index (χ1v) is 12.7. The zero-order valence-corrected chi connectivity index (χ0v) is 21.9. The molecule has 1 aliphatic heterocycles. The van der Waals surface area contributed by atoms with E-state index in [1.165, 1.54) is 24.0 Å². The molecule has 1 saturated heterocycles. The molecule has 0 aromatic carbocycles. The number of carbonyl (C=O) groups excluding carboxylic acids is 1. The lowest BCUT2D eigenvalue weighted by Crippen LogP contribution is -2.39. The van der Waals surface area contributed by atoms with Crippen molar-refractivity contribution in [2.45, 2.75) is 65.3 Å². The van der Waals surface area contributed by atoms with Gasteiger partial charge in [-0.25, -0.2) is 13.6 Å². The van der Waals surface area contributed by atoms with E-state index in [2.05, 4.69) is 4.98 Å². The van der Waals surface area contributed by atoms with Gasteiger partial charge in [0.1, 0.15) is 0 Å². The Labute approximate surface area is 209 Å². The van der Waals surface area contributed by atoms with E-state index in [-0.39, 0.29) is 18.1 Å². The summed E-state index contributed by atoms with van der Waals surface area (Å²) in [4.78, 5) is 30.4. The number of nitrogens with zero attached hydrogens (tertiary/aromatic N) is 1. The lowest BCUT2D eigenvalue weighted by molar-refractivity contribution is -0.0161. The number of aromatic nitrogens is 1. The molecule has 2 aromatic heterocycles. The molecule has 6 nitrogen and oxygen atoms in total. The number of methoxy groups -OCH3 is 1. The number of allylic oxidation sites excluding steroid dienone is 1. The van der Waals surface area contributed by atoms with Gasteiger partial charge in [0.15, 0.2) is 0 Å². The highest BCUT2D eigenvalue weighted by molar-refractivity contribution is 7.11. The number of aromatic amines is 1. The van der Waals surface area contributed by atoms with Crippen LogP contribution in [-0.2, 0) is 4.74 Å². The number of rotatable bonds is 8. The van der Waals surface area contributed by atoms with E-state index in [4.69, 9.17) is 10.5 Å². The molecule has 3 N–H and O–H groups in total. The van der Waals surface area contributed by atoms with Gasteiger partial charge >= 0.3 is 5.97 Å². The number of likely N-dealkylation sites (tertiary alicyclic amines) is 1. The molecule has 35 heavy (non-hydrogen) atoms. The third-order valence-electron chi connectivity index (χ3n) is 6.60. The van der Waals surface area contributed by atoms with E-state index >= 15 is 0 Å². The van der Waals surface area contributed by atoms with E-state index in [9.17, 15) is 18.4 Å². The highest BCUT2D eigenvalue weighted by atomic mass is 32.1. The van der Waals surface area contributed by atoms with Crippen LogP contribution in [0.1, 0.15) is 76.3 Å². The molecule has 0 saturated carbocycles. The van der Waals surface area contributed by atoms with Crippen LogP contribution in [0.4, 0.5) is 8.78 Å². The van der Waals surface area contributed by atoms with E-state index in [1.807, 2.05) is 26.8 Å². The average molecular weight is 508 g/mol. The molecule has 0 radical (unpaired) electrons. The molecule has 3 rings (SSSR count). The Morgan fingerprint density at radius 2 is 1.94 bits per heavy atom. The van der Waals surface area contributed by atoms with Gasteiger partial charge in [0, 0.05) is 47.6 Å². The number of alkyl halides is 2. The summed E-state index contributed by atoms with van der Waals surface area (Å²) >= 11 is 1.49. The summed E-state index contributed by atoms with van der Waals surface area (Å²) in [5.41, 5.74) is 12.3. The normalized spacial score (nSPS) is 15.8. The van der Waals surface area contributed by atoms with Crippen LogP contribution in [0.5, 0.6) is 0 Å². The van der Waals surface area contributed by atoms with E-state index in [1.54, 1.807) is 10.3 Å². The summed E-state index contributed by atoms with van der Waals surface area (Å²) in [6, 6.07) is 1.47. The zero-order chi connectivity index (χ0) is 25.9. The number of hydrogen-bond donors (Lipinski definition) is 2. The molecule has 192 valence electrons. The Morgan fingerprint density at radius 1 is 1.29 bits per heavy atom. The summed E-state index contributed by atoms with van der Waals surface area (Å²) in [5.74, 6) is -3.11. The van der Waals surface area contributed by atoms with E-state index < -0.39 is 12.0 Å². The molecule has 0 spiro atoms. The summed E-state index contributed by atoms with van der Waals surface area (Å²) in [7, 11) is 1.36. The van der Waals surface area contributed by atoms with Crippen molar-refractivity contribution in [1.82, 2.24) is 9.88 Å². The van der Waals surface area contributed by atoms with Crippen LogP contribution < -0.4 is 11.3 Å². The molecular formula is C26H35F2N3O3S. The largest absolute Gasteiger partial charge is 0.465 e. The number of piperidine rings is 1. The van der Waals surface area contributed by atoms with Crippen LogP contribution in [0.2, 0.25) is 0 Å². The van der Waals surface area contributed by atoms with Gasteiger partial charge in [0.05, 0.1) is 19.2 Å². The maximum Gasteiger partial charge on any atom is 0.338 e. The van der Waals surface area contributed by atoms with Crippen molar-refractivity contribution in [3.8, 4) is 0 Å². The van der Waals surface area contributed by atoms with Gasteiger partial charge in [-0.3, -0.25) is 9.69 Å². The van der Waals surface area contributed by atoms with E-state index in [0.717, 1.165) is 34.2 Å². The first-order valence-electron chi connectivity index (χ1n) is 11.8. The van der Waals surface area contributed by atoms with Crippen molar-refractivity contribution in [3.05, 3.63) is 60.2 Å². The number of nitrogens with one attached hydrogen (secondary N) is 1. The predicted octanol–water partition coefficient (Wildman–Crippen LogP) is 5.13. The van der Waals surface area contributed by atoms with Crippen LogP contribution in [-0.4, -0.2) is 48.5 Å². The number of nitrogens with two attached hydrogens (primary N) is 1. The molecule has 1 aliphatic rings. The summed E-state index contributed by atoms with van der Waals surface area (Å²) in [6.45, 7) is 7.44. The van der Waals surface area contributed by atoms with Crippen molar-refractivity contribution >= 4 is 22.9 Å². The Balaban J connectivity index is 1.90. The number of esters is 1. The smallest absolute Gasteiger partial charge is 0.338 e. The zero-order valence-electron chi connectivity index (χ0n) is 21.1. The van der Waals surface area contributed by atoms with Crippen LogP contribution in [0.15, 0.2) is 21.8 Å². The molecule has 0 amide bonds. The Hall–Kier alpha value is -2.36. The van der Waals surface area contributed by atoms with Gasteiger partial charge in [0.25, 0.3) is 11.5 Å². The minimum absolute atomic E-state index is 0.168. The number of pyridine rings is 1. The highest BCUT2D eigenvalue weighted by Crippen LogP contribution is 2.38. The minimum Gasteiger partial charge on any atom is -0.465 e. The van der Waals surface area contributed by atoms with Crippen molar-refractivity contribution in [3.63, 3.8) is 0 Å². The minimum atomic E-state index is -2.73. The molecule has 0 aliphatic carbocycles. The second-order valence-electron chi connectivity index (χ2n) is 9.55. The SMILES string of the molecule is COC(=O)c1csc(C(CCC(N)c2c(C)cc(C)[nH]c2=O)=C2CCN(CC(C)(F)F)CC2)c1C. The Bertz CT molecular complexity index is 1150. The number of ether oxygens (including phenoxy) is 1. The third kappa shape index (κ3) is 6.65. The highest BCUT2D eigenvalue weighted by Gasteiger charge is 2.28. The summed E-state index contributed by atoms with van der Waals surface area (Å²) in [5, 5.41) is 1.80. The van der Waals surface area contributed by atoms with Crippen molar-refractivity contribution < 1.29 is 18.3 Å². The van der Waals surface area contributed by atoms with Gasteiger partial charge in [-0.05, 0) is 69.2 Å². The van der Waals surface area contributed by atoms with Crippen LogP contribution in [0, 0.1) is 20.8 Å². The van der Waals surface area contributed by atoms with E-state index in [0.29, 0.717) is 49.9 Å². The molecule has 2 aromatic rings. The number of hydrogen-bond acceptors (Lipinski definition) is 6. The number of aryl methyl sites for hydroxylation is 2. The molecule has 0 bridgehead atoms. The van der Waals surface area contributed by atoms with Gasteiger partial charge in [-0.2, -0.15) is 0 Å². The molecule has 1 fully saturated rings. The number of halogens is 2. The second-order valence-corrected chi connectivity index (χ2v) is 10.4. The lowest BCUT2D eigenvalue weighted by Gasteiger charge is -2.31. The average Bonchev–Trinajstić information content (AvgIpc) is 3.14. The maximum atomic E-state index is 13.5. The van der Waals surface area contributed by atoms with Crippen LogP contribution in [0.25, 0.3) is 5.57 Å². The van der Waals surface area contributed by atoms with Crippen molar-refractivity contribution in [2.24, 2.45) is 5.73 Å². The van der Waals surface area contributed by atoms with Crippen molar-refractivity contribution in [1.29, 1.82) is 0 Å². The standard InChI is InChI=1S/C26H35F2N3O3S/c1-15-12-16(2)30-24(32)22(15)21(29)7-6-19(23-17(3)20(13-35-23)25(33)34-5)18-8-10-31(11-9-18)14-26(4,27)28/h12-13,21H,6-11,14,29H2,1-5H3,(H,30,32). The van der Waals surface area contributed by atoms with Gasteiger partial charge in [-0.15, -0.1) is 11.3 Å².